The number of nitrogens with one attached hydrogen (secondary N) is 1. The molecule has 0 saturated heterocycles. The summed E-state index contributed by atoms with van der Waals surface area (Å²) in [6.45, 7) is 5.47. The fourth-order valence-electron chi connectivity index (χ4n) is 3.73. The minimum atomic E-state index is -4.45. The van der Waals surface area contributed by atoms with Crippen LogP contribution in [0.1, 0.15) is 37.2 Å². The number of anilines is 2. The van der Waals surface area contributed by atoms with Gasteiger partial charge in [0.2, 0.25) is 0 Å². The topological polar surface area (TPSA) is 97.2 Å². The van der Waals surface area contributed by atoms with Gasteiger partial charge in [0, 0.05) is 22.8 Å². The van der Waals surface area contributed by atoms with E-state index in [2.05, 4.69) is 20.3 Å². The predicted molar refractivity (Wildman–Crippen MR) is 137 cm³/mol. The van der Waals surface area contributed by atoms with Crippen LogP contribution in [0.3, 0.4) is 0 Å². The summed E-state index contributed by atoms with van der Waals surface area (Å²) in [6.07, 6.45) is -3.08. The number of nitrogens with zero attached hydrogens (tertiary/aromatic N) is 3. The van der Waals surface area contributed by atoms with E-state index in [1.807, 2.05) is 32.0 Å². The highest BCUT2D eigenvalue weighted by molar-refractivity contribution is 7.51. The van der Waals surface area contributed by atoms with Crippen molar-refractivity contribution in [1.82, 2.24) is 15.0 Å². The van der Waals surface area contributed by atoms with Gasteiger partial charge >= 0.3 is 13.8 Å². The molecule has 2 N–H and O–H groups in total. The monoisotopic (exact) mass is 530 g/mol. The summed E-state index contributed by atoms with van der Waals surface area (Å²) in [7, 11) is -4.06. The standard InChI is InChI=1S/C26H26F3N4O3P/c1-4-17(3)36-37(34,35)15-23-32-22-14-18(24-16(2)6-5-13-30-24)7-12-21(22)25(33-23)31-20-10-8-19(9-11-20)26(27,28)29/h5-14,17H,4,15H2,1-3H3,(H,34,35)(H,31,32,33). The summed E-state index contributed by atoms with van der Waals surface area (Å²) in [6, 6.07) is 13.7. The molecule has 0 amide bonds. The normalized spacial score (nSPS) is 14.4. The third-order valence-electron chi connectivity index (χ3n) is 5.76. The first-order valence-electron chi connectivity index (χ1n) is 11.6. The minimum absolute atomic E-state index is 0.0611. The molecule has 2 atom stereocenters. The molecular formula is C26H26F3N4O3P. The number of aryl methyl sites for hydroxylation is 1. The van der Waals surface area contributed by atoms with Crippen LogP contribution in [0.5, 0.6) is 0 Å². The average Bonchev–Trinajstić information content (AvgIpc) is 2.83. The van der Waals surface area contributed by atoms with E-state index in [1.165, 1.54) is 12.1 Å². The third-order valence-corrected chi connectivity index (χ3v) is 7.13. The molecule has 7 nitrogen and oxygen atoms in total. The van der Waals surface area contributed by atoms with E-state index in [0.717, 1.165) is 29.0 Å². The van der Waals surface area contributed by atoms with E-state index in [-0.39, 0.29) is 11.6 Å². The summed E-state index contributed by atoms with van der Waals surface area (Å²) in [5, 5.41) is 3.61. The molecule has 0 radical (unpaired) electrons. The van der Waals surface area contributed by atoms with Crippen LogP contribution in [-0.4, -0.2) is 25.9 Å². The average molecular weight is 530 g/mol. The van der Waals surface area contributed by atoms with Gasteiger partial charge in [-0.15, -0.1) is 0 Å². The molecule has 0 saturated carbocycles. The molecule has 37 heavy (non-hydrogen) atoms. The lowest BCUT2D eigenvalue weighted by Gasteiger charge is -2.17. The molecule has 0 bridgehead atoms. The van der Waals surface area contributed by atoms with Gasteiger partial charge in [0.15, 0.2) is 0 Å². The maximum Gasteiger partial charge on any atom is 0.416 e. The Hall–Kier alpha value is -3.33. The Bertz CT molecular complexity index is 1460. The summed E-state index contributed by atoms with van der Waals surface area (Å²) in [5.41, 5.74) is 2.58. The molecule has 0 aliphatic heterocycles. The fraction of sp³-hybridized carbons (Fsp3) is 0.269. The van der Waals surface area contributed by atoms with Crippen molar-refractivity contribution >= 4 is 30.0 Å². The first-order valence-corrected chi connectivity index (χ1v) is 13.4. The maximum absolute atomic E-state index is 13.0. The lowest BCUT2D eigenvalue weighted by atomic mass is 10.0. The number of rotatable bonds is 8. The highest BCUT2D eigenvalue weighted by atomic mass is 31.2. The Kier molecular flexibility index (Phi) is 7.64. The molecule has 2 aromatic heterocycles. The quantitative estimate of drug-likeness (QED) is 0.231. The van der Waals surface area contributed by atoms with Crippen molar-refractivity contribution in [2.75, 3.05) is 5.32 Å². The number of halogens is 3. The van der Waals surface area contributed by atoms with Crippen molar-refractivity contribution < 1.29 is 27.2 Å². The van der Waals surface area contributed by atoms with Gasteiger partial charge in [0.05, 0.1) is 22.9 Å². The Labute approximate surface area is 212 Å². The van der Waals surface area contributed by atoms with Crippen molar-refractivity contribution in [2.24, 2.45) is 0 Å². The highest BCUT2D eigenvalue weighted by Gasteiger charge is 2.30. The molecule has 2 aromatic carbocycles. The SMILES string of the molecule is CCC(C)OP(=O)(O)Cc1nc(Nc2ccc(C(F)(F)F)cc2)c2ccc(-c3ncccc3C)cc2n1. The molecule has 4 aromatic rings. The molecular weight excluding hydrogens is 504 g/mol. The summed E-state index contributed by atoms with van der Waals surface area (Å²) in [4.78, 5) is 23.8. The summed E-state index contributed by atoms with van der Waals surface area (Å²) < 4.78 is 57.0. The zero-order valence-electron chi connectivity index (χ0n) is 20.5. The number of hydrogen-bond acceptors (Lipinski definition) is 6. The van der Waals surface area contributed by atoms with Crippen LogP contribution in [0, 0.1) is 6.92 Å². The number of fused-ring (bicyclic) bond motifs is 1. The molecule has 4 rings (SSSR count). The molecule has 0 fully saturated rings. The van der Waals surface area contributed by atoms with E-state index in [1.54, 1.807) is 25.3 Å². The van der Waals surface area contributed by atoms with Crippen molar-refractivity contribution in [3.63, 3.8) is 0 Å². The molecule has 194 valence electrons. The fourth-order valence-corrected chi connectivity index (χ4v) is 5.01. The molecule has 0 aliphatic rings. The Morgan fingerprint density at radius 1 is 1.11 bits per heavy atom. The number of benzene rings is 2. The van der Waals surface area contributed by atoms with Gasteiger partial charge in [-0.25, -0.2) is 9.97 Å². The first-order chi connectivity index (χ1) is 17.4. The number of alkyl halides is 3. The van der Waals surface area contributed by atoms with Crippen LogP contribution in [0.25, 0.3) is 22.2 Å². The molecule has 11 heteroatoms. The molecule has 2 unspecified atom stereocenters. The third kappa shape index (κ3) is 6.52. The van der Waals surface area contributed by atoms with E-state index in [4.69, 9.17) is 4.52 Å². The van der Waals surface area contributed by atoms with E-state index >= 15 is 0 Å². The molecule has 0 aliphatic carbocycles. The summed E-state index contributed by atoms with van der Waals surface area (Å²) in [5.74, 6) is 0.346. The second-order valence-electron chi connectivity index (χ2n) is 8.71. The Morgan fingerprint density at radius 2 is 1.84 bits per heavy atom. The van der Waals surface area contributed by atoms with Crippen LogP contribution in [-0.2, 0) is 21.4 Å². The summed E-state index contributed by atoms with van der Waals surface area (Å²) >= 11 is 0. The van der Waals surface area contributed by atoms with Crippen molar-refractivity contribution in [3.05, 3.63) is 77.7 Å². The zero-order chi connectivity index (χ0) is 26.8. The minimum Gasteiger partial charge on any atom is -0.340 e. The highest BCUT2D eigenvalue weighted by Crippen LogP contribution is 2.47. The van der Waals surface area contributed by atoms with Gasteiger partial charge in [-0.2, -0.15) is 13.2 Å². The number of hydrogen-bond donors (Lipinski definition) is 2. The smallest absolute Gasteiger partial charge is 0.340 e. The lowest BCUT2D eigenvalue weighted by molar-refractivity contribution is -0.137. The maximum atomic E-state index is 13.0. The number of pyridine rings is 1. The van der Waals surface area contributed by atoms with E-state index < -0.39 is 31.6 Å². The van der Waals surface area contributed by atoms with Crippen LogP contribution in [0.2, 0.25) is 0 Å². The van der Waals surface area contributed by atoms with Crippen molar-refractivity contribution in [3.8, 4) is 11.3 Å². The van der Waals surface area contributed by atoms with Crippen molar-refractivity contribution in [1.29, 1.82) is 0 Å². The predicted octanol–water partition coefficient (Wildman–Crippen LogP) is 7.26. The lowest BCUT2D eigenvalue weighted by Crippen LogP contribution is -2.08. The Balaban J connectivity index is 1.78. The first kappa shape index (κ1) is 26.7. The van der Waals surface area contributed by atoms with Crippen LogP contribution in [0.15, 0.2) is 60.8 Å². The van der Waals surface area contributed by atoms with Gasteiger partial charge in [0.25, 0.3) is 0 Å². The Morgan fingerprint density at radius 3 is 2.49 bits per heavy atom. The largest absolute Gasteiger partial charge is 0.416 e. The second kappa shape index (κ2) is 10.6. The number of aromatic nitrogens is 3. The molecule has 2 heterocycles. The van der Waals surface area contributed by atoms with Gasteiger partial charge in [-0.3, -0.25) is 9.55 Å². The van der Waals surface area contributed by atoms with E-state index in [0.29, 0.717) is 23.0 Å². The van der Waals surface area contributed by atoms with Crippen LogP contribution >= 0.6 is 7.60 Å². The van der Waals surface area contributed by atoms with Gasteiger partial charge < -0.3 is 14.7 Å². The second-order valence-corrected chi connectivity index (χ2v) is 10.5. The molecule has 0 spiro atoms. The van der Waals surface area contributed by atoms with E-state index in [9.17, 15) is 22.6 Å². The van der Waals surface area contributed by atoms with Gasteiger partial charge in [0.1, 0.15) is 17.8 Å². The van der Waals surface area contributed by atoms with Crippen LogP contribution in [0.4, 0.5) is 24.7 Å². The van der Waals surface area contributed by atoms with Crippen LogP contribution < -0.4 is 5.32 Å². The van der Waals surface area contributed by atoms with Gasteiger partial charge in [-0.05, 0) is 68.3 Å². The van der Waals surface area contributed by atoms with Crippen molar-refractivity contribution in [2.45, 2.75) is 45.6 Å². The zero-order valence-corrected chi connectivity index (χ0v) is 21.3. The van der Waals surface area contributed by atoms with Gasteiger partial charge in [-0.1, -0.05) is 19.1 Å².